The highest BCUT2D eigenvalue weighted by Gasteiger charge is 2.54. The van der Waals surface area contributed by atoms with Crippen molar-refractivity contribution in [3.05, 3.63) is 35.9 Å². The van der Waals surface area contributed by atoms with Gasteiger partial charge in [-0.05, 0) is 37.2 Å². The van der Waals surface area contributed by atoms with Crippen molar-refractivity contribution in [2.24, 2.45) is 5.92 Å². The Morgan fingerprint density at radius 1 is 1.14 bits per heavy atom. The van der Waals surface area contributed by atoms with Crippen LogP contribution < -0.4 is 0 Å². The van der Waals surface area contributed by atoms with Crippen molar-refractivity contribution in [3.63, 3.8) is 0 Å². The van der Waals surface area contributed by atoms with Gasteiger partial charge in [-0.15, -0.1) is 0 Å². The van der Waals surface area contributed by atoms with E-state index >= 15 is 0 Å². The highest BCUT2D eigenvalue weighted by Crippen LogP contribution is 2.56. The highest BCUT2D eigenvalue weighted by atomic mass is 16.3. The van der Waals surface area contributed by atoms with Crippen LogP contribution in [0.3, 0.4) is 0 Å². The lowest BCUT2D eigenvalue weighted by Gasteiger charge is -2.22. The first-order valence-electron chi connectivity index (χ1n) is 5.56. The van der Waals surface area contributed by atoms with Crippen LogP contribution in [0.25, 0.3) is 0 Å². The van der Waals surface area contributed by atoms with Crippen LogP contribution >= 0.6 is 0 Å². The van der Waals surface area contributed by atoms with Crippen LogP contribution in [0.2, 0.25) is 0 Å². The second-order valence-electron chi connectivity index (χ2n) is 4.80. The summed E-state index contributed by atoms with van der Waals surface area (Å²) < 4.78 is 0. The number of aliphatic hydroxyl groups is 1. The SMILES string of the molecule is OC(C1CC1)C1(c2ccccc2)CC1. The summed E-state index contributed by atoms with van der Waals surface area (Å²) in [6.45, 7) is 0. The van der Waals surface area contributed by atoms with Crippen molar-refractivity contribution in [1.29, 1.82) is 0 Å². The van der Waals surface area contributed by atoms with Crippen LogP contribution in [0.5, 0.6) is 0 Å². The maximum atomic E-state index is 10.2. The Balaban J connectivity index is 1.89. The van der Waals surface area contributed by atoms with Crippen LogP contribution in [0.4, 0.5) is 0 Å². The molecular formula is C13H16O. The molecule has 1 heteroatoms. The van der Waals surface area contributed by atoms with E-state index in [-0.39, 0.29) is 11.5 Å². The second kappa shape index (κ2) is 2.83. The molecule has 0 aromatic heterocycles. The standard InChI is InChI=1S/C13H16O/c14-12(10-6-7-10)13(8-9-13)11-4-2-1-3-5-11/h1-5,10,12,14H,6-9H2. The van der Waals surface area contributed by atoms with E-state index in [1.807, 2.05) is 6.07 Å². The molecule has 0 radical (unpaired) electrons. The van der Waals surface area contributed by atoms with Gasteiger partial charge in [0.1, 0.15) is 0 Å². The maximum Gasteiger partial charge on any atom is 0.0664 e. The minimum atomic E-state index is -0.0788. The van der Waals surface area contributed by atoms with Gasteiger partial charge < -0.3 is 5.11 Å². The van der Waals surface area contributed by atoms with Gasteiger partial charge in [0.2, 0.25) is 0 Å². The Morgan fingerprint density at radius 3 is 2.29 bits per heavy atom. The molecule has 3 rings (SSSR count). The molecule has 2 aliphatic carbocycles. The van der Waals surface area contributed by atoms with E-state index in [2.05, 4.69) is 24.3 Å². The lowest BCUT2D eigenvalue weighted by molar-refractivity contribution is 0.109. The predicted molar refractivity (Wildman–Crippen MR) is 56.1 cm³/mol. The Bertz CT molecular complexity index is 322. The van der Waals surface area contributed by atoms with Gasteiger partial charge in [0.15, 0.2) is 0 Å². The Labute approximate surface area is 84.8 Å². The average Bonchev–Trinajstić information content (AvgIpc) is 3.12. The third kappa shape index (κ3) is 1.19. The Morgan fingerprint density at radius 2 is 1.79 bits per heavy atom. The van der Waals surface area contributed by atoms with Crippen molar-refractivity contribution in [3.8, 4) is 0 Å². The lowest BCUT2D eigenvalue weighted by Crippen LogP contribution is -2.27. The summed E-state index contributed by atoms with van der Waals surface area (Å²) in [7, 11) is 0. The van der Waals surface area contributed by atoms with E-state index in [4.69, 9.17) is 0 Å². The number of benzene rings is 1. The highest BCUT2D eigenvalue weighted by molar-refractivity contribution is 5.33. The number of hydrogen-bond acceptors (Lipinski definition) is 1. The first kappa shape index (κ1) is 8.49. The summed E-state index contributed by atoms with van der Waals surface area (Å²) >= 11 is 0. The molecule has 1 atom stereocenters. The average molecular weight is 188 g/mol. The third-order valence-electron chi connectivity index (χ3n) is 3.77. The molecule has 74 valence electrons. The molecule has 14 heavy (non-hydrogen) atoms. The molecule has 0 amide bonds. The van der Waals surface area contributed by atoms with E-state index in [1.165, 1.54) is 31.2 Å². The third-order valence-corrected chi connectivity index (χ3v) is 3.77. The Hall–Kier alpha value is -0.820. The fourth-order valence-corrected chi connectivity index (χ4v) is 2.52. The summed E-state index contributed by atoms with van der Waals surface area (Å²) in [5.74, 6) is 0.595. The van der Waals surface area contributed by atoms with E-state index in [9.17, 15) is 5.11 Å². The zero-order chi connectivity index (χ0) is 9.60. The molecule has 2 aliphatic rings. The predicted octanol–water partition coefficient (Wildman–Crippen LogP) is 2.49. The second-order valence-corrected chi connectivity index (χ2v) is 4.80. The minimum Gasteiger partial charge on any atom is -0.392 e. The van der Waals surface area contributed by atoms with Crippen molar-refractivity contribution < 1.29 is 5.11 Å². The molecule has 1 unspecified atom stereocenters. The summed E-state index contributed by atoms with van der Waals surface area (Å²) in [4.78, 5) is 0. The van der Waals surface area contributed by atoms with Gasteiger partial charge in [-0.3, -0.25) is 0 Å². The first-order valence-corrected chi connectivity index (χ1v) is 5.56. The largest absolute Gasteiger partial charge is 0.392 e. The van der Waals surface area contributed by atoms with Crippen molar-refractivity contribution >= 4 is 0 Å². The summed E-state index contributed by atoms with van der Waals surface area (Å²) in [5.41, 5.74) is 1.49. The summed E-state index contributed by atoms with van der Waals surface area (Å²) in [6.07, 6.45) is 4.74. The topological polar surface area (TPSA) is 20.2 Å². The van der Waals surface area contributed by atoms with Gasteiger partial charge in [0.25, 0.3) is 0 Å². The molecule has 0 heterocycles. The normalized spacial score (nSPS) is 25.8. The number of rotatable bonds is 3. The fraction of sp³-hybridized carbons (Fsp3) is 0.538. The lowest BCUT2D eigenvalue weighted by atomic mass is 9.87. The van der Waals surface area contributed by atoms with Crippen molar-refractivity contribution in [1.82, 2.24) is 0 Å². The molecule has 1 aromatic carbocycles. The molecule has 2 fully saturated rings. The molecule has 0 spiro atoms. The molecule has 1 aromatic rings. The van der Waals surface area contributed by atoms with Crippen LogP contribution in [0.1, 0.15) is 31.2 Å². The molecule has 0 saturated heterocycles. The van der Waals surface area contributed by atoms with E-state index in [0.29, 0.717) is 5.92 Å². The summed E-state index contributed by atoms with van der Waals surface area (Å²) in [5, 5.41) is 10.2. The molecule has 1 N–H and O–H groups in total. The van der Waals surface area contributed by atoms with Crippen molar-refractivity contribution in [2.45, 2.75) is 37.2 Å². The monoisotopic (exact) mass is 188 g/mol. The van der Waals surface area contributed by atoms with Gasteiger partial charge in [0, 0.05) is 5.41 Å². The van der Waals surface area contributed by atoms with Gasteiger partial charge in [-0.25, -0.2) is 0 Å². The fourth-order valence-electron chi connectivity index (χ4n) is 2.52. The van der Waals surface area contributed by atoms with Gasteiger partial charge in [-0.1, -0.05) is 30.3 Å². The molecule has 2 saturated carbocycles. The number of aliphatic hydroxyl groups excluding tert-OH is 1. The van der Waals surface area contributed by atoms with Gasteiger partial charge in [-0.2, -0.15) is 0 Å². The minimum absolute atomic E-state index is 0.0788. The van der Waals surface area contributed by atoms with Crippen molar-refractivity contribution in [2.75, 3.05) is 0 Å². The number of hydrogen-bond donors (Lipinski definition) is 1. The smallest absolute Gasteiger partial charge is 0.0664 e. The molecule has 0 bridgehead atoms. The quantitative estimate of drug-likeness (QED) is 0.772. The maximum absolute atomic E-state index is 10.2. The summed E-state index contributed by atoms with van der Waals surface area (Å²) in [6, 6.07) is 10.5. The molecule has 1 nitrogen and oxygen atoms in total. The van der Waals surface area contributed by atoms with Gasteiger partial charge >= 0.3 is 0 Å². The van der Waals surface area contributed by atoms with E-state index in [0.717, 1.165) is 0 Å². The van der Waals surface area contributed by atoms with Crippen LogP contribution in [0, 0.1) is 5.92 Å². The van der Waals surface area contributed by atoms with Gasteiger partial charge in [0.05, 0.1) is 6.10 Å². The van der Waals surface area contributed by atoms with Crippen LogP contribution in [0.15, 0.2) is 30.3 Å². The van der Waals surface area contributed by atoms with Crippen LogP contribution in [-0.4, -0.2) is 11.2 Å². The van der Waals surface area contributed by atoms with Crippen LogP contribution in [-0.2, 0) is 5.41 Å². The Kier molecular flexibility index (Phi) is 1.72. The molecular weight excluding hydrogens is 172 g/mol. The first-order chi connectivity index (χ1) is 6.83. The van der Waals surface area contributed by atoms with E-state index in [1.54, 1.807) is 0 Å². The molecule has 0 aliphatic heterocycles. The zero-order valence-corrected chi connectivity index (χ0v) is 8.32. The zero-order valence-electron chi connectivity index (χ0n) is 8.32. The van der Waals surface area contributed by atoms with E-state index < -0.39 is 0 Å².